The van der Waals surface area contributed by atoms with Gasteiger partial charge >= 0.3 is 12.1 Å². The maximum absolute atomic E-state index is 13.5. The fourth-order valence-electron chi connectivity index (χ4n) is 4.71. The Labute approximate surface area is 195 Å². The Morgan fingerprint density at radius 3 is 2.74 bits per heavy atom. The molecule has 0 aliphatic carbocycles. The van der Waals surface area contributed by atoms with E-state index in [1.54, 1.807) is 6.20 Å². The lowest BCUT2D eigenvalue weighted by molar-refractivity contribution is -0.160. The SMILES string of the molecule is O=C(O)[C@@H]1C[C@@H]2CN1C(=O)CNC(C(F)(F)F)CCCCCCc1ccc3ccnc(c3c1)O2. The van der Waals surface area contributed by atoms with Crippen LogP contribution >= 0.6 is 0 Å². The molecule has 1 saturated heterocycles. The standard InChI is InChI=1S/C24H28F3N3O4/c25-24(26,27)20-6-4-2-1-3-5-15-7-8-16-9-10-28-22(18(16)11-15)34-17-12-19(23(32)33)30(14-17)21(31)13-29-20/h7-11,17,19-20,29H,1-6,12-14H2,(H,32,33)/t17-,19+,20?/m1/s1. The first-order chi connectivity index (χ1) is 16.2. The number of aryl methyl sites for hydroxylation is 1. The molecular formula is C24H28F3N3O4. The maximum Gasteiger partial charge on any atom is 0.403 e. The van der Waals surface area contributed by atoms with Crippen molar-refractivity contribution in [2.45, 2.75) is 69.3 Å². The van der Waals surface area contributed by atoms with Crippen LogP contribution in [0, 0.1) is 0 Å². The highest BCUT2D eigenvalue weighted by atomic mass is 19.4. The molecule has 1 aromatic heterocycles. The molecule has 0 spiro atoms. The van der Waals surface area contributed by atoms with Crippen LogP contribution in [0.15, 0.2) is 30.5 Å². The number of hydrogen-bond acceptors (Lipinski definition) is 5. The van der Waals surface area contributed by atoms with Gasteiger partial charge in [-0.2, -0.15) is 13.2 Å². The molecular weight excluding hydrogens is 451 g/mol. The van der Waals surface area contributed by atoms with Gasteiger partial charge in [-0.05, 0) is 42.3 Å². The van der Waals surface area contributed by atoms with Gasteiger partial charge in [-0.15, -0.1) is 0 Å². The lowest BCUT2D eigenvalue weighted by atomic mass is 10.0. The zero-order valence-electron chi connectivity index (χ0n) is 18.7. The average molecular weight is 479 g/mol. The van der Waals surface area contributed by atoms with E-state index in [-0.39, 0.29) is 19.4 Å². The summed E-state index contributed by atoms with van der Waals surface area (Å²) in [6, 6.07) is 4.87. The third kappa shape index (κ3) is 5.60. The highest BCUT2D eigenvalue weighted by Gasteiger charge is 2.43. The normalized spacial score (nSPS) is 25.1. The molecule has 3 heterocycles. The molecule has 2 N–H and O–H groups in total. The van der Waals surface area contributed by atoms with E-state index in [1.807, 2.05) is 24.3 Å². The summed E-state index contributed by atoms with van der Waals surface area (Å²) in [6.07, 6.45) is -0.142. The van der Waals surface area contributed by atoms with Gasteiger partial charge in [0.05, 0.1) is 13.1 Å². The summed E-state index contributed by atoms with van der Waals surface area (Å²) in [7, 11) is 0. The molecule has 10 heteroatoms. The number of carbonyl (C=O) groups excluding carboxylic acids is 1. The molecule has 1 amide bonds. The third-order valence-corrected chi connectivity index (χ3v) is 6.54. The van der Waals surface area contributed by atoms with E-state index in [1.165, 1.54) is 0 Å². The largest absolute Gasteiger partial charge is 0.480 e. The van der Waals surface area contributed by atoms with E-state index < -0.39 is 42.8 Å². The van der Waals surface area contributed by atoms with Crippen molar-refractivity contribution in [3.05, 3.63) is 36.0 Å². The van der Waals surface area contributed by atoms with Crippen molar-refractivity contribution in [2.75, 3.05) is 13.1 Å². The Balaban J connectivity index is 1.61. The summed E-state index contributed by atoms with van der Waals surface area (Å²) in [5, 5.41) is 13.7. The van der Waals surface area contributed by atoms with Gasteiger partial charge < -0.3 is 14.7 Å². The molecule has 4 rings (SSSR count). The van der Waals surface area contributed by atoms with E-state index in [0.29, 0.717) is 18.7 Å². The summed E-state index contributed by atoms with van der Waals surface area (Å²) >= 11 is 0. The summed E-state index contributed by atoms with van der Waals surface area (Å²) in [6.45, 7) is -0.623. The highest BCUT2D eigenvalue weighted by molar-refractivity contribution is 5.88. The van der Waals surface area contributed by atoms with E-state index in [0.717, 1.165) is 40.5 Å². The van der Waals surface area contributed by atoms with Crippen molar-refractivity contribution in [3.63, 3.8) is 0 Å². The molecule has 0 radical (unpaired) electrons. The van der Waals surface area contributed by atoms with E-state index >= 15 is 0 Å². The fourth-order valence-corrected chi connectivity index (χ4v) is 4.71. The minimum atomic E-state index is -4.49. The minimum Gasteiger partial charge on any atom is -0.480 e. The van der Waals surface area contributed by atoms with Crippen molar-refractivity contribution < 1.29 is 32.6 Å². The van der Waals surface area contributed by atoms with Gasteiger partial charge in [0.1, 0.15) is 18.2 Å². The number of amides is 1. The van der Waals surface area contributed by atoms with Gasteiger partial charge in [0.15, 0.2) is 0 Å². The molecule has 7 nitrogen and oxygen atoms in total. The van der Waals surface area contributed by atoms with Gasteiger partial charge in [0.25, 0.3) is 0 Å². The molecule has 1 aromatic carbocycles. The number of carbonyl (C=O) groups is 2. The summed E-state index contributed by atoms with van der Waals surface area (Å²) in [5.74, 6) is -1.55. The number of fused-ring (bicyclic) bond motifs is 3. The summed E-state index contributed by atoms with van der Waals surface area (Å²) < 4.78 is 46.5. The lowest BCUT2D eigenvalue weighted by Crippen LogP contribution is -2.49. The predicted molar refractivity (Wildman–Crippen MR) is 119 cm³/mol. The number of ether oxygens (including phenoxy) is 1. The maximum atomic E-state index is 13.5. The Kier molecular flexibility index (Phi) is 7.25. The van der Waals surface area contributed by atoms with Gasteiger partial charge in [-0.1, -0.05) is 31.4 Å². The zero-order chi connectivity index (χ0) is 24.3. The first-order valence-electron chi connectivity index (χ1n) is 11.6. The van der Waals surface area contributed by atoms with Crippen molar-refractivity contribution in [1.82, 2.24) is 15.2 Å². The first-order valence-corrected chi connectivity index (χ1v) is 11.6. The number of aromatic nitrogens is 1. The number of aliphatic carboxylic acids is 1. The van der Waals surface area contributed by atoms with Crippen LogP contribution in [0.3, 0.4) is 0 Å². The van der Waals surface area contributed by atoms with Crippen LogP contribution in [0.25, 0.3) is 10.8 Å². The molecule has 184 valence electrons. The van der Waals surface area contributed by atoms with Crippen LogP contribution in [0.5, 0.6) is 5.88 Å². The monoisotopic (exact) mass is 479 g/mol. The first kappa shape index (κ1) is 24.3. The van der Waals surface area contributed by atoms with Gasteiger partial charge in [-0.25, -0.2) is 9.78 Å². The molecule has 2 aliphatic heterocycles. The minimum absolute atomic E-state index is 0.0293. The Morgan fingerprint density at radius 1 is 1.18 bits per heavy atom. The number of alkyl halides is 3. The van der Waals surface area contributed by atoms with Crippen LogP contribution in [-0.4, -0.2) is 64.3 Å². The summed E-state index contributed by atoms with van der Waals surface area (Å²) in [5.41, 5.74) is 1.08. The van der Waals surface area contributed by atoms with Crippen LogP contribution in [0.4, 0.5) is 13.2 Å². The van der Waals surface area contributed by atoms with E-state index in [9.17, 15) is 27.9 Å². The van der Waals surface area contributed by atoms with Crippen LogP contribution in [0.1, 0.15) is 44.1 Å². The number of nitrogens with zero attached hydrogens (tertiary/aromatic N) is 2. The Bertz CT molecular complexity index is 1050. The van der Waals surface area contributed by atoms with Crippen LogP contribution in [0.2, 0.25) is 0 Å². The fraction of sp³-hybridized carbons (Fsp3) is 0.542. The Morgan fingerprint density at radius 2 is 1.97 bits per heavy atom. The topological polar surface area (TPSA) is 91.8 Å². The van der Waals surface area contributed by atoms with E-state index in [2.05, 4.69) is 10.3 Å². The van der Waals surface area contributed by atoms with Crippen molar-refractivity contribution in [2.24, 2.45) is 0 Å². The van der Waals surface area contributed by atoms with E-state index in [4.69, 9.17) is 4.74 Å². The quantitative estimate of drug-likeness (QED) is 0.648. The van der Waals surface area contributed by atoms with Crippen LogP contribution in [-0.2, 0) is 16.0 Å². The molecule has 2 aliphatic rings. The summed E-state index contributed by atoms with van der Waals surface area (Å²) in [4.78, 5) is 30.0. The van der Waals surface area contributed by atoms with Crippen LogP contribution < -0.4 is 10.1 Å². The van der Waals surface area contributed by atoms with Gasteiger partial charge in [-0.3, -0.25) is 10.1 Å². The number of rotatable bonds is 1. The number of nitrogens with one attached hydrogen (secondary N) is 1. The molecule has 1 fully saturated rings. The van der Waals surface area contributed by atoms with Gasteiger partial charge in [0, 0.05) is 18.0 Å². The molecule has 2 aromatic rings. The second-order valence-corrected chi connectivity index (χ2v) is 8.98. The Hall–Kier alpha value is -2.88. The highest BCUT2D eigenvalue weighted by Crippen LogP contribution is 2.30. The van der Waals surface area contributed by atoms with Crippen molar-refractivity contribution in [3.8, 4) is 5.88 Å². The number of benzene rings is 1. The number of halogens is 3. The number of hydrogen-bond donors (Lipinski definition) is 2. The lowest BCUT2D eigenvalue weighted by Gasteiger charge is -2.25. The molecule has 34 heavy (non-hydrogen) atoms. The average Bonchev–Trinajstić information content (AvgIpc) is 3.21. The second-order valence-electron chi connectivity index (χ2n) is 8.98. The predicted octanol–water partition coefficient (Wildman–Crippen LogP) is 3.69. The smallest absolute Gasteiger partial charge is 0.403 e. The molecule has 3 atom stereocenters. The number of carboxylic acids is 1. The van der Waals surface area contributed by atoms with Crippen molar-refractivity contribution >= 4 is 22.6 Å². The second kappa shape index (κ2) is 10.2. The zero-order valence-corrected chi connectivity index (χ0v) is 18.7. The molecule has 0 saturated carbocycles. The molecule has 4 bridgehead atoms. The molecule has 1 unspecified atom stereocenters. The van der Waals surface area contributed by atoms with Crippen molar-refractivity contribution in [1.29, 1.82) is 0 Å². The van der Waals surface area contributed by atoms with Gasteiger partial charge in [0.2, 0.25) is 11.8 Å². The number of pyridine rings is 1. The third-order valence-electron chi connectivity index (χ3n) is 6.54. The number of carboxylic acid groups (broad SMARTS) is 1.